The SMILES string of the molecule is NC1c2ccccc2CC1S(=O)(=O)Cc1ccccc1Cl. The third-order valence-corrected chi connectivity index (χ3v) is 6.48. The molecule has 2 aromatic rings. The minimum absolute atomic E-state index is 0.0704. The lowest BCUT2D eigenvalue weighted by atomic mass is 10.1. The number of nitrogens with two attached hydrogens (primary N) is 1. The van der Waals surface area contributed by atoms with Gasteiger partial charge in [-0.15, -0.1) is 0 Å². The summed E-state index contributed by atoms with van der Waals surface area (Å²) in [4.78, 5) is 0. The number of fused-ring (bicyclic) bond motifs is 1. The Balaban J connectivity index is 1.89. The number of rotatable bonds is 3. The highest BCUT2D eigenvalue weighted by molar-refractivity contribution is 7.91. The van der Waals surface area contributed by atoms with Gasteiger partial charge in [0.1, 0.15) is 0 Å². The van der Waals surface area contributed by atoms with Gasteiger partial charge in [-0.2, -0.15) is 0 Å². The number of sulfone groups is 1. The highest BCUT2D eigenvalue weighted by Gasteiger charge is 2.38. The van der Waals surface area contributed by atoms with Gasteiger partial charge in [0.15, 0.2) is 9.84 Å². The van der Waals surface area contributed by atoms with Crippen molar-refractivity contribution in [2.75, 3.05) is 0 Å². The molecule has 2 N–H and O–H groups in total. The summed E-state index contributed by atoms with van der Waals surface area (Å²) in [5.74, 6) is -0.0704. The first kappa shape index (κ1) is 14.6. The van der Waals surface area contributed by atoms with Crippen LogP contribution in [0.25, 0.3) is 0 Å². The molecule has 0 fully saturated rings. The Morgan fingerprint density at radius 1 is 1.10 bits per heavy atom. The zero-order valence-electron chi connectivity index (χ0n) is 11.4. The lowest BCUT2D eigenvalue weighted by Crippen LogP contribution is -2.31. The Kier molecular flexibility index (Phi) is 3.78. The van der Waals surface area contributed by atoms with E-state index in [1.54, 1.807) is 24.3 Å². The molecule has 21 heavy (non-hydrogen) atoms. The maximum atomic E-state index is 12.7. The molecule has 3 nitrogen and oxygen atoms in total. The molecule has 110 valence electrons. The zero-order valence-corrected chi connectivity index (χ0v) is 12.9. The van der Waals surface area contributed by atoms with Crippen LogP contribution in [0.1, 0.15) is 22.7 Å². The van der Waals surface area contributed by atoms with Crippen molar-refractivity contribution in [2.45, 2.75) is 23.5 Å². The second-order valence-electron chi connectivity index (χ2n) is 5.37. The van der Waals surface area contributed by atoms with Gasteiger partial charge >= 0.3 is 0 Å². The molecule has 1 aliphatic carbocycles. The predicted molar refractivity (Wildman–Crippen MR) is 84.9 cm³/mol. The number of benzene rings is 2. The fourth-order valence-corrected chi connectivity index (χ4v) is 5.09. The molecule has 0 aliphatic heterocycles. The topological polar surface area (TPSA) is 60.2 Å². The van der Waals surface area contributed by atoms with E-state index in [0.29, 0.717) is 17.0 Å². The normalized spacial score (nSPS) is 21.2. The van der Waals surface area contributed by atoms with E-state index in [9.17, 15) is 8.42 Å². The van der Waals surface area contributed by atoms with E-state index in [1.807, 2.05) is 24.3 Å². The Morgan fingerprint density at radius 3 is 2.48 bits per heavy atom. The van der Waals surface area contributed by atoms with E-state index in [2.05, 4.69) is 0 Å². The molecule has 0 amide bonds. The summed E-state index contributed by atoms with van der Waals surface area (Å²) in [5.41, 5.74) is 8.74. The summed E-state index contributed by atoms with van der Waals surface area (Å²) in [7, 11) is -3.36. The van der Waals surface area contributed by atoms with Crippen LogP contribution in [0.5, 0.6) is 0 Å². The number of hydrogen-bond donors (Lipinski definition) is 1. The summed E-state index contributed by atoms with van der Waals surface area (Å²) in [5, 5.41) is -0.101. The highest BCUT2D eigenvalue weighted by Crippen LogP contribution is 2.35. The summed E-state index contributed by atoms with van der Waals surface area (Å²) in [6.07, 6.45) is 0.476. The standard InChI is InChI=1S/C16H16ClNO2S/c17-14-8-4-2-6-12(14)10-21(19,20)15-9-11-5-1-3-7-13(11)16(15)18/h1-8,15-16H,9-10,18H2. The van der Waals surface area contributed by atoms with Crippen LogP contribution >= 0.6 is 11.6 Å². The second kappa shape index (κ2) is 5.44. The highest BCUT2D eigenvalue weighted by atomic mass is 35.5. The lowest BCUT2D eigenvalue weighted by Gasteiger charge is -2.17. The van der Waals surface area contributed by atoms with Gasteiger partial charge in [0.05, 0.1) is 11.0 Å². The zero-order chi connectivity index (χ0) is 15.0. The monoisotopic (exact) mass is 321 g/mol. The molecule has 2 atom stereocenters. The van der Waals surface area contributed by atoms with Crippen LogP contribution in [0, 0.1) is 0 Å². The summed E-state index contributed by atoms with van der Waals surface area (Å²) in [6, 6.07) is 14.2. The third kappa shape index (κ3) is 2.71. The van der Waals surface area contributed by atoms with Gasteiger partial charge in [-0.25, -0.2) is 8.42 Å². The minimum atomic E-state index is -3.36. The van der Waals surface area contributed by atoms with Crippen LogP contribution < -0.4 is 5.73 Å². The van der Waals surface area contributed by atoms with Gasteiger partial charge in [0.2, 0.25) is 0 Å². The van der Waals surface area contributed by atoms with Crippen molar-refractivity contribution in [2.24, 2.45) is 5.73 Å². The number of hydrogen-bond acceptors (Lipinski definition) is 3. The minimum Gasteiger partial charge on any atom is -0.323 e. The van der Waals surface area contributed by atoms with Crippen LogP contribution in [-0.4, -0.2) is 13.7 Å². The van der Waals surface area contributed by atoms with E-state index in [-0.39, 0.29) is 5.75 Å². The molecule has 3 rings (SSSR count). The van der Waals surface area contributed by atoms with Crippen LogP contribution in [-0.2, 0) is 22.0 Å². The fourth-order valence-electron chi connectivity index (χ4n) is 2.88. The quantitative estimate of drug-likeness (QED) is 0.945. The molecule has 0 aromatic heterocycles. The van der Waals surface area contributed by atoms with Crippen molar-refractivity contribution < 1.29 is 8.42 Å². The first-order valence-corrected chi connectivity index (χ1v) is 8.87. The molecule has 0 heterocycles. The van der Waals surface area contributed by atoms with Crippen molar-refractivity contribution >= 4 is 21.4 Å². The molecule has 0 saturated carbocycles. The molecule has 2 aromatic carbocycles. The average molecular weight is 322 g/mol. The van der Waals surface area contributed by atoms with Gasteiger partial charge < -0.3 is 5.73 Å². The maximum Gasteiger partial charge on any atom is 0.159 e. The molecule has 5 heteroatoms. The summed E-state index contributed by atoms with van der Waals surface area (Å²) < 4.78 is 25.4. The van der Waals surface area contributed by atoms with E-state index in [1.165, 1.54) is 0 Å². The smallest absolute Gasteiger partial charge is 0.159 e. The van der Waals surface area contributed by atoms with Gasteiger partial charge in [0, 0.05) is 11.1 Å². The van der Waals surface area contributed by atoms with Crippen LogP contribution in [0.15, 0.2) is 48.5 Å². The number of halogens is 1. The van der Waals surface area contributed by atoms with Gasteiger partial charge in [-0.05, 0) is 29.2 Å². The Bertz CT molecular complexity index is 773. The first-order valence-electron chi connectivity index (χ1n) is 6.77. The Labute approximate surface area is 129 Å². The average Bonchev–Trinajstić information content (AvgIpc) is 2.80. The molecule has 0 spiro atoms. The van der Waals surface area contributed by atoms with E-state index in [0.717, 1.165) is 11.1 Å². The molecule has 0 radical (unpaired) electrons. The summed E-state index contributed by atoms with van der Waals surface area (Å²) in [6.45, 7) is 0. The van der Waals surface area contributed by atoms with Crippen molar-refractivity contribution in [3.63, 3.8) is 0 Å². The van der Waals surface area contributed by atoms with E-state index < -0.39 is 21.1 Å². The summed E-state index contributed by atoms with van der Waals surface area (Å²) >= 11 is 6.07. The maximum absolute atomic E-state index is 12.7. The van der Waals surface area contributed by atoms with E-state index in [4.69, 9.17) is 17.3 Å². The molecule has 1 aliphatic rings. The Hall–Kier alpha value is -1.36. The first-order chi connectivity index (χ1) is 9.99. The van der Waals surface area contributed by atoms with Crippen molar-refractivity contribution in [1.29, 1.82) is 0 Å². The van der Waals surface area contributed by atoms with E-state index >= 15 is 0 Å². The van der Waals surface area contributed by atoms with Gasteiger partial charge in [0.25, 0.3) is 0 Å². The molecule has 0 bridgehead atoms. The van der Waals surface area contributed by atoms with Crippen molar-refractivity contribution in [3.8, 4) is 0 Å². The second-order valence-corrected chi connectivity index (χ2v) is 7.99. The van der Waals surface area contributed by atoms with Crippen LogP contribution in [0.4, 0.5) is 0 Å². The predicted octanol–water partition coefficient (Wildman–Crippen LogP) is 2.88. The van der Waals surface area contributed by atoms with Crippen molar-refractivity contribution in [1.82, 2.24) is 0 Å². The fraction of sp³-hybridized carbons (Fsp3) is 0.250. The molecular formula is C16H16ClNO2S. The molecule has 2 unspecified atom stereocenters. The van der Waals surface area contributed by atoms with Gasteiger partial charge in [-0.1, -0.05) is 54.1 Å². The molecule has 0 saturated heterocycles. The van der Waals surface area contributed by atoms with Crippen LogP contribution in [0.2, 0.25) is 5.02 Å². The van der Waals surface area contributed by atoms with Crippen molar-refractivity contribution in [3.05, 3.63) is 70.2 Å². The lowest BCUT2D eigenvalue weighted by molar-refractivity contribution is 0.564. The van der Waals surface area contributed by atoms with Gasteiger partial charge in [-0.3, -0.25) is 0 Å². The Morgan fingerprint density at radius 2 is 1.76 bits per heavy atom. The van der Waals surface area contributed by atoms with Crippen LogP contribution in [0.3, 0.4) is 0 Å². The largest absolute Gasteiger partial charge is 0.323 e. The molecular weight excluding hydrogens is 306 g/mol. The third-order valence-electron chi connectivity index (χ3n) is 4.01.